The number of nitrogens with zero attached hydrogens (tertiary/aromatic N) is 1. The van der Waals surface area contributed by atoms with Gasteiger partial charge < -0.3 is 19.9 Å². The highest BCUT2D eigenvalue weighted by Crippen LogP contribution is 2.50. The molecule has 7 nitrogen and oxygen atoms in total. The first-order chi connectivity index (χ1) is 19.5. The highest BCUT2D eigenvalue weighted by molar-refractivity contribution is 6.07. The molecule has 3 amide bonds. The lowest BCUT2D eigenvalue weighted by atomic mass is 9.90. The number of urea groups is 1. The first-order valence-electron chi connectivity index (χ1n) is 13.5. The Morgan fingerprint density at radius 2 is 1.60 bits per heavy atom. The van der Waals surface area contributed by atoms with E-state index >= 15 is 0 Å². The van der Waals surface area contributed by atoms with Crippen molar-refractivity contribution in [1.82, 2.24) is 10.2 Å². The van der Waals surface area contributed by atoms with Gasteiger partial charge in [0.2, 0.25) is 0 Å². The topological polar surface area (TPSA) is 88.1 Å². The molecule has 232 valence electrons. The number of carbonyl (C=O) groups excluding carboxylic acids is 2. The number of nitrogens with one attached hydrogen (secondary N) is 1. The maximum atomic E-state index is 13.3. The second-order valence-electron chi connectivity index (χ2n) is 10.5. The van der Waals surface area contributed by atoms with Gasteiger partial charge in [0.1, 0.15) is 17.0 Å². The van der Waals surface area contributed by atoms with Crippen molar-refractivity contribution in [3.63, 3.8) is 0 Å². The normalized spacial score (nSPS) is 18.0. The SMILES string of the molecule is CCCc1cc(C(O)(C(F)(F)F)C(F)(F)F)ccc1OCCCCN1C(=O)NC(C)(c2ccc(OC(C)C)cc2)C1=O. The van der Waals surface area contributed by atoms with Gasteiger partial charge in [0, 0.05) is 12.1 Å². The van der Waals surface area contributed by atoms with Crippen molar-refractivity contribution in [2.75, 3.05) is 13.2 Å². The number of ether oxygens (including phenoxy) is 2. The molecule has 1 unspecified atom stereocenters. The van der Waals surface area contributed by atoms with Crippen molar-refractivity contribution in [3.8, 4) is 11.5 Å². The lowest BCUT2D eigenvalue weighted by molar-refractivity contribution is -0.376. The van der Waals surface area contributed by atoms with E-state index in [9.17, 15) is 41.0 Å². The molecule has 13 heteroatoms. The molecule has 2 aromatic rings. The molecule has 0 spiro atoms. The predicted molar refractivity (Wildman–Crippen MR) is 141 cm³/mol. The Morgan fingerprint density at radius 1 is 0.976 bits per heavy atom. The van der Waals surface area contributed by atoms with E-state index in [1.54, 1.807) is 38.1 Å². The van der Waals surface area contributed by atoms with Gasteiger partial charge in [0.15, 0.2) is 0 Å². The van der Waals surface area contributed by atoms with Crippen LogP contribution >= 0.6 is 0 Å². The van der Waals surface area contributed by atoms with E-state index in [-0.39, 0.29) is 37.0 Å². The van der Waals surface area contributed by atoms with E-state index in [1.807, 2.05) is 13.8 Å². The minimum Gasteiger partial charge on any atom is -0.493 e. The number of amides is 3. The maximum absolute atomic E-state index is 13.3. The summed E-state index contributed by atoms with van der Waals surface area (Å²) in [4.78, 5) is 26.8. The summed E-state index contributed by atoms with van der Waals surface area (Å²) in [5.74, 6) is 0.271. The Bertz CT molecular complexity index is 1250. The van der Waals surface area contributed by atoms with Crippen LogP contribution < -0.4 is 14.8 Å². The molecule has 0 aliphatic carbocycles. The van der Waals surface area contributed by atoms with Crippen LogP contribution in [0, 0.1) is 0 Å². The van der Waals surface area contributed by atoms with Crippen molar-refractivity contribution < 1.29 is 50.5 Å². The number of benzene rings is 2. The van der Waals surface area contributed by atoms with Crippen LogP contribution in [-0.4, -0.2) is 53.6 Å². The Balaban J connectivity index is 1.62. The van der Waals surface area contributed by atoms with Gasteiger partial charge in [-0.25, -0.2) is 4.79 Å². The molecule has 1 atom stereocenters. The Morgan fingerprint density at radius 3 is 2.14 bits per heavy atom. The van der Waals surface area contributed by atoms with Crippen LogP contribution in [0.2, 0.25) is 0 Å². The van der Waals surface area contributed by atoms with E-state index in [0.29, 0.717) is 42.7 Å². The zero-order chi connectivity index (χ0) is 31.5. The second kappa shape index (κ2) is 12.4. The molecule has 42 heavy (non-hydrogen) atoms. The molecule has 1 fully saturated rings. The molecule has 0 saturated carbocycles. The fraction of sp³-hybridized carbons (Fsp3) is 0.517. The molecule has 0 aromatic heterocycles. The number of aryl methyl sites for hydroxylation is 1. The van der Waals surface area contributed by atoms with Crippen LogP contribution in [0.4, 0.5) is 31.1 Å². The van der Waals surface area contributed by atoms with Gasteiger partial charge in [0.25, 0.3) is 11.5 Å². The molecular formula is C29H34F6N2O5. The molecule has 1 saturated heterocycles. The zero-order valence-electron chi connectivity index (χ0n) is 23.7. The number of carbonyl (C=O) groups is 2. The first-order valence-corrected chi connectivity index (χ1v) is 13.5. The highest BCUT2D eigenvalue weighted by Gasteiger charge is 2.71. The van der Waals surface area contributed by atoms with E-state index in [0.717, 1.165) is 11.0 Å². The van der Waals surface area contributed by atoms with Crippen LogP contribution in [0.3, 0.4) is 0 Å². The van der Waals surface area contributed by atoms with Gasteiger partial charge in [-0.15, -0.1) is 0 Å². The highest BCUT2D eigenvalue weighted by atomic mass is 19.4. The number of aliphatic hydroxyl groups is 1. The standard InChI is InChI=1S/C29H34F6N2O5/c1-5-8-19-17-21(27(40,28(30,31)32)29(33,34)35)11-14-23(19)41-16-7-6-15-37-24(38)26(4,36-25(37)39)20-9-12-22(13-10-20)42-18(2)3/h9-14,17-18,40H,5-8,15-16H2,1-4H3,(H,36,39). The third-order valence-electron chi connectivity index (χ3n) is 6.93. The summed E-state index contributed by atoms with van der Waals surface area (Å²) in [6.45, 7) is 7.16. The quantitative estimate of drug-likeness (QED) is 0.167. The average molecular weight is 605 g/mol. The average Bonchev–Trinajstić information content (AvgIpc) is 3.11. The monoisotopic (exact) mass is 604 g/mol. The minimum absolute atomic E-state index is 0.0249. The zero-order valence-corrected chi connectivity index (χ0v) is 23.7. The van der Waals surface area contributed by atoms with Crippen LogP contribution in [0.25, 0.3) is 0 Å². The summed E-state index contributed by atoms with van der Waals surface area (Å²) in [5.41, 5.74) is -6.98. The lowest BCUT2D eigenvalue weighted by Gasteiger charge is -2.33. The van der Waals surface area contributed by atoms with Crippen LogP contribution in [-0.2, 0) is 22.4 Å². The number of unbranched alkanes of at least 4 members (excludes halogenated alkanes) is 1. The van der Waals surface area contributed by atoms with Gasteiger partial charge in [-0.05, 0) is 75.4 Å². The van der Waals surface area contributed by atoms with Gasteiger partial charge in [-0.1, -0.05) is 31.5 Å². The van der Waals surface area contributed by atoms with Crippen molar-refractivity contribution >= 4 is 11.9 Å². The summed E-state index contributed by atoms with van der Waals surface area (Å²) in [6, 6.07) is 8.46. The summed E-state index contributed by atoms with van der Waals surface area (Å²) in [5, 5.41) is 12.4. The molecule has 0 bridgehead atoms. The Labute approximate surface area is 239 Å². The number of rotatable bonds is 12. The largest absolute Gasteiger partial charge is 0.493 e. The molecule has 0 radical (unpaired) electrons. The molecule has 2 aromatic carbocycles. The first kappa shape index (κ1) is 33.0. The number of halogens is 6. The van der Waals surface area contributed by atoms with Crippen LogP contribution in [0.1, 0.15) is 63.6 Å². The van der Waals surface area contributed by atoms with Gasteiger partial charge >= 0.3 is 18.4 Å². The van der Waals surface area contributed by atoms with Gasteiger partial charge in [-0.2, -0.15) is 26.3 Å². The molecule has 2 N–H and O–H groups in total. The molecular weight excluding hydrogens is 570 g/mol. The van der Waals surface area contributed by atoms with E-state index < -0.39 is 41.0 Å². The van der Waals surface area contributed by atoms with E-state index in [4.69, 9.17) is 9.47 Å². The third kappa shape index (κ3) is 6.61. The Kier molecular flexibility index (Phi) is 9.75. The summed E-state index contributed by atoms with van der Waals surface area (Å²) in [6.07, 6.45) is -10.8. The van der Waals surface area contributed by atoms with E-state index in [2.05, 4.69) is 5.32 Å². The van der Waals surface area contributed by atoms with Crippen LogP contribution in [0.15, 0.2) is 42.5 Å². The molecule has 1 heterocycles. The number of hydrogen-bond acceptors (Lipinski definition) is 5. The number of imide groups is 1. The maximum Gasteiger partial charge on any atom is 0.430 e. The van der Waals surface area contributed by atoms with Gasteiger partial charge in [-0.3, -0.25) is 9.69 Å². The predicted octanol–water partition coefficient (Wildman–Crippen LogP) is 6.36. The fourth-order valence-corrected chi connectivity index (χ4v) is 4.69. The van der Waals surface area contributed by atoms with Crippen molar-refractivity contribution in [2.24, 2.45) is 0 Å². The minimum atomic E-state index is -5.99. The summed E-state index contributed by atoms with van der Waals surface area (Å²) < 4.78 is 91.1. The second-order valence-corrected chi connectivity index (χ2v) is 10.5. The van der Waals surface area contributed by atoms with Crippen molar-refractivity contribution in [1.29, 1.82) is 0 Å². The van der Waals surface area contributed by atoms with E-state index in [1.165, 1.54) is 0 Å². The molecule has 3 rings (SSSR count). The summed E-state index contributed by atoms with van der Waals surface area (Å²) >= 11 is 0. The van der Waals surface area contributed by atoms with Crippen molar-refractivity contribution in [3.05, 3.63) is 59.2 Å². The fourth-order valence-electron chi connectivity index (χ4n) is 4.69. The molecule has 1 aliphatic rings. The lowest BCUT2D eigenvalue weighted by Crippen LogP contribution is -2.53. The third-order valence-corrected chi connectivity index (χ3v) is 6.93. The smallest absolute Gasteiger partial charge is 0.430 e. The number of hydrogen-bond donors (Lipinski definition) is 2. The molecule has 1 aliphatic heterocycles. The summed E-state index contributed by atoms with van der Waals surface area (Å²) in [7, 11) is 0. The number of alkyl halides is 6. The van der Waals surface area contributed by atoms with Gasteiger partial charge in [0.05, 0.1) is 12.7 Å². The van der Waals surface area contributed by atoms with Crippen LogP contribution in [0.5, 0.6) is 11.5 Å². The Hall–Kier alpha value is -3.48. The van der Waals surface area contributed by atoms with Crippen molar-refractivity contribution in [2.45, 2.75) is 83.0 Å².